The predicted octanol–water partition coefficient (Wildman–Crippen LogP) is 2.67. The van der Waals surface area contributed by atoms with Crippen LogP contribution in [0.1, 0.15) is 30.3 Å². The Balaban J connectivity index is 2.54. The zero-order valence-corrected chi connectivity index (χ0v) is 10.5. The van der Waals surface area contributed by atoms with Gasteiger partial charge >= 0.3 is 0 Å². The van der Waals surface area contributed by atoms with Gasteiger partial charge < -0.3 is 4.74 Å². The molecule has 1 aromatic heterocycles. The minimum Gasteiger partial charge on any atom is -0.380 e. The molecular weight excluding hydrogens is 212 g/mol. The lowest BCUT2D eigenvalue weighted by molar-refractivity contribution is 0.124. The van der Waals surface area contributed by atoms with Gasteiger partial charge in [0.15, 0.2) is 0 Å². The maximum atomic E-state index is 5.85. The van der Waals surface area contributed by atoms with Crippen LogP contribution in [0.15, 0.2) is 0 Å². The van der Waals surface area contributed by atoms with Crippen LogP contribution in [-0.4, -0.2) is 23.0 Å². The summed E-state index contributed by atoms with van der Waals surface area (Å²) >= 11 is 5.85. The third-order valence-electron chi connectivity index (χ3n) is 2.46. The van der Waals surface area contributed by atoms with Crippen molar-refractivity contribution in [3.05, 3.63) is 17.0 Å². The molecular formula is C11H19ClN2O. The van der Waals surface area contributed by atoms with E-state index in [0.717, 1.165) is 43.1 Å². The second-order valence-corrected chi connectivity index (χ2v) is 3.89. The zero-order chi connectivity index (χ0) is 11.3. The monoisotopic (exact) mass is 230 g/mol. The van der Waals surface area contributed by atoms with E-state index in [1.54, 1.807) is 0 Å². The van der Waals surface area contributed by atoms with Crippen molar-refractivity contribution in [3.8, 4) is 0 Å². The summed E-state index contributed by atoms with van der Waals surface area (Å²) in [4.78, 5) is 0. The van der Waals surface area contributed by atoms with E-state index in [1.807, 2.05) is 11.6 Å². The van der Waals surface area contributed by atoms with Crippen molar-refractivity contribution in [2.45, 2.75) is 39.6 Å². The summed E-state index contributed by atoms with van der Waals surface area (Å²) in [5.74, 6) is 0.535. The van der Waals surface area contributed by atoms with Gasteiger partial charge in [-0.05, 0) is 20.3 Å². The molecule has 0 unspecified atom stereocenters. The number of hydrogen-bond donors (Lipinski definition) is 0. The Labute approximate surface area is 96.4 Å². The number of rotatable bonds is 6. The molecule has 15 heavy (non-hydrogen) atoms. The van der Waals surface area contributed by atoms with Crippen LogP contribution in [0.2, 0.25) is 0 Å². The molecule has 0 aliphatic carbocycles. The molecule has 0 N–H and O–H groups in total. The van der Waals surface area contributed by atoms with E-state index >= 15 is 0 Å². The molecule has 86 valence electrons. The maximum Gasteiger partial charge on any atom is 0.0662 e. The highest BCUT2D eigenvalue weighted by atomic mass is 35.5. The highest BCUT2D eigenvalue weighted by molar-refractivity contribution is 6.17. The smallest absolute Gasteiger partial charge is 0.0662 e. The first-order valence-corrected chi connectivity index (χ1v) is 5.90. The first kappa shape index (κ1) is 12.5. The molecule has 1 aromatic rings. The Morgan fingerprint density at radius 3 is 2.60 bits per heavy atom. The molecule has 1 heterocycles. The lowest BCUT2D eigenvalue weighted by atomic mass is 10.2. The highest BCUT2D eigenvalue weighted by Crippen LogP contribution is 2.14. The summed E-state index contributed by atoms with van der Waals surface area (Å²) in [7, 11) is 0. The molecule has 0 saturated carbocycles. The van der Waals surface area contributed by atoms with E-state index < -0.39 is 0 Å². The lowest BCUT2D eigenvalue weighted by Crippen LogP contribution is -2.09. The van der Waals surface area contributed by atoms with Gasteiger partial charge in [-0.1, -0.05) is 6.92 Å². The van der Waals surface area contributed by atoms with Gasteiger partial charge in [-0.3, -0.25) is 4.68 Å². The van der Waals surface area contributed by atoms with Gasteiger partial charge in [-0.15, -0.1) is 11.6 Å². The van der Waals surface area contributed by atoms with E-state index in [4.69, 9.17) is 16.3 Å². The normalized spacial score (nSPS) is 10.9. The van der Waals surface area contributed by atoms with Crippen molar-refractivity contribution in [2.75, 3.05) is 13.2 Å². The summed E-state index contributed by atoms with van der Waals surface area (Å²) in [6.07, 6.45) is 1.06. The zero-order valence-electron chi connectivity index (χ0n) is 9.72. The maximum absolute atomic E-state index is 5.85. The number of alkyl halides is 1. The van der Waals surface area contributed by atoms with E-state index in [-0.39, 0.29) is 0 Å². The number of aryl methyl sites for hydroxylation is 1. The minimum absolute atomic E-state index is 0.535. The van der Waals surface area contributed by atoms with E-state index in [2.05, 4.69) is 18.9 Å². The summed E-state index contributed by atoms with van der Waals surface area (Å²) < 4.78 is 7.41. The van der Waals surface area contributed by atoms with Gasteiger partial charge in [0.05, 0.1) is 24.7 Å². The average Bonchev–Trinajstić information content (AvgIpc) is 2.49. The molecule has 0 aromatic carbocycles. The largest absolute Gasteiger partial charge is 0.380 e. The van der Waals surface area contributed by atoms with Crippen molar-refractivity contribution in [3.63, 3.8) is 0 Å². The van der Waals surface area contributed by atoms with Crippen molar-refractivity contribution in [1.29, 1.82) is 0 Å². The summed E-state index contributed by atoms with van der Waals surface area (Å²) in [5.41, 5.74) is 3.33. The SMILES string of the molecule is CCCOCCn1nc(C)c(CCl)c1C. The minimum atomic E-state index is 0.535. The van der Waals surface area contributed by atoms with Crippen LogP contribution in [-0.2, 0) is 17.2 Å². The number of hydrogen-bond acceptors (Lipinski definition) is 2. The van der Waals surface area contributed by atoms with Crippen LogP contribution in [0, 0.1) is 13.8 Å². The number of nitrogens with zero attached hydrogens (tertiary/aromatic N) is 2. The molecule has 4 heteroatoms. The molecule has 0 aliphatic heterocycles. The van der Waals surface area contributed by atoms with Gasteiger partial charge in [-0.25, -0.2) is 0 Å². The summed E-state index contributed by atoms with van der Waals surface area (Å²) in [6.45, 7) is 8.50. The molecule has 0 amide bonds. The fraction of sp³-hybridized carbons (Fsp3) is 0.727. The highest BCUT2D eigenvalue weighted by Gasteiger charge is 2.09. The van der Waals surface area contributed by atoms with E-state index in [9.17, 15) is 0 Å². The van der Waals surface area contributed by atoms with Crippen molar-refractivity contribution in [2.24, 2.45) is 0 Å². The third kappa shape index (κ3) is 3.21. The van der Waals surface area contributed by atoms with Crippen LogP contribution >= 0.6 is 11.6 Å². The molecule has 0 bridgehead atoms. The predicted molar refractivity (Wildman–Crippen MR) is 62.4 cm³/mol. The molecule has 0 spiro atoms. The molecule has 0 atom stereocenters. The van der Waals surface area contributed by atoms with E-state index in [0.29, 0.717) is 5.88 Å². The fourth-order valence-corrected chi connectivity index (χ4v) is 1.93. The molecule has 0 radical (unpaired) electrons. The molecule has 0 fully saturated rings. The van der Waals surface area contributed by atoms with Crippen molar-refractivity contribution >= 4 is 11.6 Å². The Hall–Kier alpha value is -0.540. The fourth-order valence-electron chi connectivity index (χ4n) is 1.54. The van der Waals surface area contributed by atoms with Crippen LogP contribution in [0.5, 0.6) is 0 Å². The van der Waals surface area contributed by atoms with Gasteiger partial charge in [0, 0.05) is 17.9 Å². The molecule has 1 rings (SSSR count). The Bertz CT molecular complexity index is 310. The van der Waals surface area contributed by atoms with Gasteiger partial charge in [0.25, 0.3) is 0 Å². The summed E-state index contributed by atoms with van der Waals surface area (Å²) in [5, 5.41) is 4.43. The Kier molecular flexibility index (Phi) is 5.12. The number of halogens is 1. The average molecular weight is 231 g/mol. The third-order valence-corrected chi connectivity index (χ3v) is 2.73. The summed E-state index contributed by atoms with van der Waals surface area (Å²) in [6, 6.07) is 0. The second-order valence-electron chi connectivity index (χ2n) is 3.62. The number of aromatic nitrogens is 2. The first-order valence-electron chi connectivity index (χ1n) is 5.37. The molecule has 0 saturated heterocycles. The molecule has 3 nitrogen and oxygen atoms in total. The second kappa shape index (κ2) is 6.13. The van der Waals surface area contributed by atoms with Gasteiger partial charge in [0.2, 0.25) is 0 Å². The van der Waals surface area contributed by atoms with Crippen LogP contribution in [0.25, 0.3) is 0 Å². The lowest BCUT2D eigenvalue weighted by Gasteiger charge is -2.05. The Morgan fingerprint density at radius 1 is 1.33 bits per heavy atom. The quantitative estimate of drug-likeness (QED) is 0.555. The molecule has 0 aliphatic rings. The van der Waals surface area contributed by atoms with Crippen LogP contribution in [0.4, 0.5) is 0 Å². The Morgan fingerprint density at radius 2 is 2.07 bits per heavy atom. The van der Waals surface area contributed by atoms with Crippen LogP contribution in [0.3, 0.4) is 0 Å². The van der Waals surface area contributed by atoms with Crippen molar-refractivity contribution < 1.29 is 4.74 Å². The van der Waals surface area contributed by atoms with Gasteiger partial charge in [0.1, 0.15) is 0 Å². The van der Waals surface area contributed by atoms with Crippen LogP contribution < -0.4 is 0 Å². The van der Waals surface area contributed by atoms with E-state index in [1.165, 1.54) is 0 Å². The first-order chi connectivity index (χ1) is 7.20. The standard InChI is InChI=1S/C11H19ClN2O/c1-4-6-15-7-5-14-10(3)11(8-12)9(2)13-14/h4-8H2,1-3H3. The van der Waals surface area contributed by atoms with Gasteiger partial charge in [-0.2, -0.15) is 5.10 Å². The topological polar surface area (TPSA) is 27.1 Å². The number of ether oxygens (including phenoxy) is 1. The van der Waals surface area contributed by atoms with Crippen molar-refractivity contribution in [1.82, 2.24) is 9.78 Å².